The molecule has 0 spiro atoms. The zero-order valence-corrected chi connectivity index (χ0v) is 19.7. The van der Waals surface area contributed by atoms with Crippen LogP contribution in [0.1, 0.15) is 35.3 Å². The lowest BCUT2D eigenvalue weighted by atomic mass is 10.0. The van der Waals surface area contributed by atoms with E-state index in [0.717, 1.165) is 42.9 Å². The van der Waals surface area contributed by atoms with E-state index in [1.807, 2.05) is 49.9 Å². The minimum atomic E-state index is -0.304. The van der Waals surface area contributed by atoms with Crippen LogP contribution in [0.15, 0.2) is 53.1 Å². The van der Waals surface area contributed by atoms with Gasteiger partial charge in [0.1, 0.15) is 11.5 Å². The highest BCUT2D eigenvalue weighted by Gasteiger charge is 2.29. The molecule has 1 fully saturated rings. The van der Waals surface area contributed by atoms with E-state index < -0.39 is 0 Å². The van der Waals surface area contributed by atoms with E-state index >= 15 is 0 Å². The van der Waals surface area contributed by atoms with Crippen LogP contribution in [0.3, 0.4) is 0 Å². The van der Waals surface area contributed by atoms with Crippen molar-refractivity contribution in [3.05, 3.63) is 71.0 Å². The van der Waals surface area contributed by atoms with E-state index in [0.29, 0.717) is 23.7 Å². The first kappa shape index (κ1) is 23.0. The molecule has 1 aliphatic rings. The first-order valence-corrected chi connectivity index (χ1v) is 11.4. The number of halogens is 1. The maximum Gasteiger partial charge on any atom is 0.254 e. The Kier molecular flexibility index (Phi) is 6.79. The second-order valence-electron chi connectivity index (χ2n) is 9.00. The Morgan fingerprint density at radius 2 is 1.70 bits per heavy atom. The van der Waals surface area contributed by atoms with Gasteiger partial charge in [-0.05, 0) is 64.2 Å². The van der Waals surface area contributed by atoms with Crippen LogP contribution in [-0.2, 0) is 6.54 Å². The van der Waals surface area contributed by atoms with Crippen molar-refractivity contribution in [3.8, 4) is 11.3 Å². The molecule has 0 unspecified atom stereocenters. The van der Waals surface area contributed by atoms with Gasteiger partial charge in [-0.1, -0.05) is 22.9 Å². The average molecular weight is 451 g/mol. The van der Waals surface area contributed by atoms with Gasteiger partial charge < -0.3 is 19.2 Å². The maximum atomic E-state index is 13.6. The van der Waals surface area contributed by atoms with Crippen molar-refractivity contribution in [2.45, 2.75) is 33.4 Å². The molecule has 0 N–H and O–H groups in total. The zero-order chi connectivity index (χ0) is 23.5. The second kappa shape index (κ2) is 9.75. The molecule has 3 aromatic rings. The smallest absolute Gasteiger partial charge is 0.254 e. The van der Waals surface area contributed by atoms with Gasteiger partial charge in [-0.25, -0.2) is 4.39 Å². The molecule has 6 nitrogen and oxygen atoms in total. The van der Waals surface area contributed by atoms with Crippen molar-refractivity contribution in [3.63, 3.8) is 0 Å². The third kappa shape index (κ3) is 5.09. The topological polar surface area (TPSA) is 52.8 Å². The van der Waals surface area contributed by atoms with Gasteiger partial charge in [-0.3, -0.25) is 4.79 Å². The lowest BCUT2D eigenvalue weighted by molar-refractivity contribution is 0.0690. The van der Waals surface area contributed by atoms with Gasteiger partial charge >= 0.3 is 0 Å². The molecular weight excluding hydrogens is 419 g/mol. The van der Waals surface area contributed by atoms with Crippen molar-refractivity contribution in [1.82, 2.24) is 15.0 Å². The highest BCUT2D eigenvalue weighted by molar-refractivity contribution is 5.94. The fourth-order valence-electron chi connectivity index (χ4n) is 4.06. The minimum Gasteiger partial charge on any atom is -0.338 e. The monoisotopic (exact) mass is 450 g/mol. The second-order valence-corrected chi connectivity index (χ2v) is 9.00. The molecule has 2 heterocycles. The normalized spacial score (nSPS) is 14.7. The molecule has 1 aliphatic heterocycles. The molecule has 1 aromatic heterocycles. The van der Waals surface area contributed by atoms with Crippen LogP contribution in [0.25, 0.3) is 11.3 Å². The summed E-state index contributed by atoms with van der Waals surface area (Å²) in [5, 5.41) is 4.38. The number of nitrogens with zero attached hydrogens (tertiary/aromatic N) is 4. The number of likely N-dealkylation sites (N-methyl/N-ethyl adjacent to an activating group) is 1. The fraction of sp³-hybridized carbons (Fsp3) is 0.385. The zero-order valence-electron chi connectivity index (χ0n) is 19.7. The molecule has 1 amide bonds. The number of piperazine rings is 1. The molecule has 0 bridgehead atoms. The predicted octanol–water partition coefficient (Wildman–Crippen LogP) is 4.59. The Balaban J connectivity index is 1.72. The summed E-state index contributed by atoms with van der Waals surface area (Å²) < 4.78 is 19.4. The Bertz CT molecular complexity index is 1080. The number of aromatic nitrogens is 1. The number of carbonyl (C=O) groups excluding carboxylic acids is 1. The molecule has 0 aliphatic carbocycles. The first-order valence-electron chi connectivity index (χ1n) is 11.4. The molecule has 0 atom stereocenters. The summed E-state index contributed by atoms with van der Waals surface area (Å²) in [6, 6.07) is 13.8. The Morgan fingerprint density at radius 3 is 2.30 bits per heavy atom. The summed E-state index contributed by atoms with van der Waals surface area (Å²) in [6.45, 7) is 9.83. The molecular formula is C26H31FN4O2. The third-order valence-corrected chi connectivity index (χ3v) is 6.19. The number of rotatable bonds is 6. The van der Waals surface area contributed by atoms with Crippen LogP contribution < -0.4 is 4.90 Å². The van der Waals surface area contributed by atoms with E-state index in [4.69, 9.17) is 4.52 Å². The largest absolute Gasteiger partial charge is 0.338 e. The quantitative estimate of drug-likeness (QED) is 0.550. The van der Waals surface area contributed by atoms with Crippen molar-refractivity contribution in [1.29, 1.82) is 0 Å². The Morgan fingerprint density at radius 1 is 1.06 bits per heavy atom. The van der Waals surface area contributed by atoms with E-state index in [-0.39, 0.29) is 17.8 Å². The Labute approximate surface area is 194 Å². The molecule has 0 saturated carbocycles. The Hall–Kier alpha value is -3.19. The van der Waals surface area contributed by atoms with Crippen molar-refractivity contribution in [2.24, 2.45) is 0 Å². The average Bonchev–Trinajstić information content (AvgIpc) is 3.22. The fourth-order valence-corrected chi connectivity index (χ4v) is 4.06. The van der Waals surface area contributed by atoms with Crippen molar-refractivity contribution >= 4 is 11.8 Å². The van der Waals surface area contributed by atoms with Gasteiger partial charge in [0.25, 0.3) is 5.91 Å². The van der Waals surface area contributed by atoms with Gasteiger partial charge in [0.15, 0.2) is 0 Å². The molecule has 7 heteroatoms. The maximum absolute atomic E-state index is 13.6. The lowest BCUT2D eigenvalue weighted by Gasteiger charge is -2.33. The van der Waals surface area contributed by atoms with Gasteiger partial charge in [0.05, 0.1) is 12.1 Å². The summed E-state index contributed by atoms with van der Waals surface area (Å²) >= 11 is 0. The first-order chi connectivity index (χ1) is 15.8. The lowest BCUT2D eigenvalue weighted by Crippen LogP contribution is -2.45. The van der Waals surface area contributed by atoms with Gasteiger partial charge in [0, 0.05) is 43.3 Å². The molecule has 4 rings (SSSR count). The van der Waals surface area contributed by atoms with Crippen molar-refractivity contribution in [2.75, 3.05) is 38.1 Å². The van der Waals surface area contributed by atoms with Crippen LogP contribution in [0, 0.1) is 12.7 Å². The number of hydrogen-bond donors (Lipinski definition) is 0. The summed E-state index contributed by atoms with van der Waals surface area (Å²) in [4.78, 5) is 19.7. The third-order valence-electron chi connectivity index (χ3n) is 6.19. The van der Waals surface area contributed by atoms with Crippen LogP contribution in [0.5, 0.6) is 0 Å². The van der Waals surface area contributed by atoms with E-state index in [1.165, 1.54) is 12.1 Å². The van der Waals surface area contributed by atoms with Crippen LogP contribution in [0.4, 0.5) is 10.3 Å². The number of carbonyl (C=O) groups is 1. The number of aryl methyl sites for hydroxylation is 1. The van der Waals surface area contributed by atoms with Crippen LogP contribution >= 0.6 is 0 Å². The SMILES string of the molecule is Cc1ccc(C(=O)N(Cc2c(-c3ccc(F)cc3)noc2N2CCN(C)CC2)C(C)C)cc1. The summed E-state index contributed by atoms with van der Waals surface area (Å²) in [6.07, 6.45) is 0. The summed E-state index contributed by atoms with van der Waals surface area (Å²) in [5.74, 6) is 0.340. The van der Waals surface area contributed by atoms with E-state index in [1.54, 1.807) is 12.1 Å². The number of benzene rings is 2. The molecule has 174 valence electrons. The van der Waals surface area contributed by atoms with Crippen LogP contribution in [-0.4, -0.2) is 60.1 Å². The number of hydrogen-bond acceptors (Lipinski definition) is 5. The van der Waals surface area contributed by atoms with E-state index in [9.17, 15) is 9.18 Å². The molecule has 0 radical (unpaired) electrons. The highest BCUT2D eigenvalue weighted by Crippen LogP contribution is 2.34. The number of amides is 1. The summed E-state index contributed by atoms with van der Waals surface area (Å²) in [5.41, 5.74) is 4.02. The minimum absolute atomic E-state index is 0.0323. The molecule has 33 heavy (non-hydrogen) atoms. The number of anilines is 1. The van der Waals surface area contributed by atoms with E-state index in [2.05, 4.69) is 22.0 Å². The summed E-state index contributed by atoms with van der Waals surface area (Å²) in [7, 11) is 2.10. The van der Waals surface area contributed by atoms with Gasteiger partial charge in [-0.15, -0.1) is 0 Å². The highest BCUT2D eigenvalue weighted by atomic mass is 19.1. The molecule has 1 saturated heterocycles. The standard InChI is InChI=1S/C26H31FN4O2/c1-18(2)31(25(32)21-7-5-19(3)6-8-21)17-23-24(20-9-11-22(27)12-10-20)28-33-26(23)30-15-13-29(4)14-16-30/h5-12,18H,13-17H2,1-4H3. The van der Waals surface area contributed by atoms with Crippen LogP contribution in [0.2, 0.25) is 0 Å². The van der Waals surface area contributed by atoms with Gasteiger partial charge in [0.2, 0.25) is 5.88 Å². The van der Waals surface area contributed by atoms with Gasteiger partial charge in [-0.2, -0.15) is 0 Å². The van der Waals surface area contributed by atoms with Crippen molar-refractivity contribution < 1.29 is 13.7 Å². The molecule has 2 aromatic carbocycles. The predicted molar refractivity (Wildman–Crippen MR) is 128 cm³/mol.